The molecule has 3 rings (SSSR count). The Bertz CT molecular complexity index is 570. The van der Waals surface area contributed by atoms with Gasteiger partial charge >= 0.3 is 0 Å². The monoisotopic (exact) mass is 284 g/mol. The number of hydrogen-bond acceptors (Lipinski definition) is 3. The van der Waals surface area contributed by atoms with E-state index in [2.05, 4.69) is 33.8 Å². The highest BCUT2D eigenvalue weighted by Crippen LogP contribution is 2.31. The maximum Gasteiger partial charge on any atom is 0.133 e. The summed E-state index contributed by atoms with van der Waals surface area (Å²) in [6, 6.07) is 11.0. The number of aromatic nitrogens is 3. The Balaban J connectivity index is 1.68. The number of aryl methyl sites for hydroxylation is 2. The minimum atomic E-state index is 0.0697. The van der Waals surface area contributed by atoms with Crippen LogP contribution in [0.5, 0.6) is 0 Å². The van der Waals surface area contributed by atoms with Crippen molar-refractivity contribution in [2.24, 2.45) is 5.73 Å². The predicted octanol–water partition coefficient (Wildman–Crippen LogP) is 3.33. The van der Waals surface area contributed by atoms with Gasteiger partial charge in [-0.3, -0.25) is 0 Å². The van der Waals surface area contributed by atoms with Crippen LogP contribution in [0.2, 0.25) is 0 Å². The standard InChI is InChI=1S/C17H24N4/c1-13-19-20-17(21(13)15-9-5-6-10-15)12-11-16(18)14-7-3-2-4-8-14/h2-4,7-8,15-16H,5-6,9-12,18H2,1H3. The minimum absolute atomic E-state index is 0.0697. The number of hydrogen-bond donors (Lipinski definition) is 1. The molecule has 1 aliphatic carbocycles. The maximum atomic E-state index is 6.30. The van der Waals surface area contributed by atoms with Gasteiger partial charge in [-0.25, -0.2) is 0 Å². The van der Waals surface area contributed by atoms with E-state index in [9.17, 15) is 0 Å². The predicted molar refractivity (Wildman–Crippen MR) is 84.0 cm³/mol. The van der Waals surface area contributed by atoms with E-state index in [1.165, 1.54) is 31.2 Å². The number of nitrogens with zero attached hydrogens (tertiary/aromatic N) is 3. The normalized spacial score (nSPS) is 17.2. The van der Waals surface area contributed by atoms with Gasteiger partial charge in [0, 0.05) is 18.5 Å². The number of benzene rings is 1. The van der Waals surface area contributed by atoms with Gasteiger partial charge in [0.2, 0.25) is 0 Å². The van der Waals surface area contributed by atoms with Crippen LogP contribution in [-0.4, -0.2) is 14.8 Å². The fourth-order valence-corrected chi connectivity index (χ4v) is 3.37. The Morgan fingerprint density at radius 3 is 2.62 bits per heavy atom. The third-order valence-corrected chi connectivity index (χ3v) is 4.53. The van der Waals surface area contributed by atoms with Crippen LogP contribution in [0.3, 0.4) is 0 Å². The smallest absolute Gasteiger partial charge is 0.133 e. The highest BCUT2D eigenvalue weighted by Gasteiger charge is 2.22. The van der Waals surface area contributed by atoms with Crippen molar-refractivity contribution >= 4 is 0 Å². The van der Waals surface area contributed by atoms with E-state index in [4.69, 9.17) is 5.73 Å². The molecule has 1 saturated carbocycles. The highest BCUT2D eigenvalue weighted by molar-refractivity contribution is 5.18. The summed E-state index contributed by atoms with van der Waals surface area (Å²) >= 11 is 0. The van der Waals surface area contributed by atoms with Crippen molar-refractivity contribution in [3.05, 3.63) is 47.5 Å². The molecular formula is C17H24N4. The molecule has 21 heavy (non-hydrogen) atoms. The second-order valence-corrected chi connectivity index (χ2v) is 6.03. The van der Waals surface area contributed by atoms with Crippen LogP contribution < -0.4 is 5.73 Å². The zero-order valence-electron chi connectivity index (χ0n) is 12.7. The molecule has 112 valence electrons. The average Bonchev–Trinajstić information content (AvgIpc) is 3.15. The zero-order chi connectivity index (χ0) is 14.7. The van der Waals surface area contributed by atoms with Crippen LogP contribution >= 0.6 is 0 Å². The Kier molecular flexibility index (Phi) is 4.34. The lowest BCUT2D eigenvalue weighted by atomic mass is 10.0. The van der Waals surface area contributed by atoms with Gasteiger partial charge in [0.15, 0.2) is 0 Å². The largest absolute Gasteiger partial charge is 0.324 e. The number of rotatable bonds is 5. The summed E-state index contributed by atoms with van der Waals surface area (Å²) in [4.78, 5) is 0. The lowest BCUT2D eigenvalue weighted by Gasteiger charge is -2.17. The van der Waals surface area contributed by atoms with Crippen molar-refractivity contribution in [2.75, 3.05) is 0 Å². The van der Waals surface area contributed by atoms with Gasteiger partial charge in [-0.05, 0) is 31.7 Å². The summed E-state index contributed by atoms with van der Waals surface area (Å²) in [5.74, 6) is 2.15. The molecular weight excluding hydrogens is 260 g/mol. The first-order chi connectivity index (χ1) is 10.3. The molecule has 1 unspecified atom stereocenters. The topological polar surface area (TPSA) is 56.7 Å². The first kappa shape index (κ1) is 14.3. The van der Waals surface area contributed by atoms with Crippen molar-refractivity contribution in [2.45, 2.75) is 57.5 Å². The van der Waals surface area contributed by atoms with E-state index in [1.54, 1.807) is 0 Å². The van der Waals surface area contributed by atoms with E-state index in [0.717, 1.165) is 24.5 Å². The van der Waals surface area contributed by atoms with Crippen molar-refractivity contribution < 1.29 is 0 Å². The molecule has 0 radical (unpaired) electrons. The molecule has 1 heterocycles. The van der Waals surface area contributed by atoms with Crippen molar-refractivity contribution in [3.63, 3.8) is 0 Å². The Labute approximate surface area is 126 Å². The third kappa shape index (κ3) is 3.16. The average molecular weight is 284 g/mol. The quantitative estimate of drug-likeness (QED) is 0.916. The number of nitrogens with two attached hydrogens (primary N) is 1. The zero-order valence-corrected chi connectivity index (χ0v) is 12.7. The van der Waals surface area contributed by atoms with Gasteiger partial charge in [0.1, 0.15) is 11.6 Å². The SMILES string of the molecule is Cc1nnc(CCC(N)c2ccccc2)n1C1CCCC1. The summed E-state index contributed by atoms with van der Waals surface area (Å²) in [6.07, 6.45) is 6.98. The van der Waals surface area contributed by atoms with Crippen molar-refractivity contribution in [1.29, 1.82) is 0 Å². The summed E-state index contributed by atoms with van der Waals surface area (Å²) in [5.41, 5.74) is 7.49. The Morgan fingerprint density at radius 1 is 1.19 bits per heavy atom. The van der Waals surface area contributed by atoms with Gasteiger partial charge in [-0.15, -0.1) is 10.2 Å². The van der Waals surface area contributed by atoms with Crippen LogP contribution in [-0.2, 0) is 6.42 Å². The fourth-order valence-electron chi connectivity index (χ4n) is 3.37. The van der Waals surface area contributed by atoms with Gasteiger partial charge in [-0.2, -0.15) is 0 Å². The van der Waals surface area contributed by atoms with E-state index in [-0.39, 0.29) is 6.04 Å². The van der Waals surface area contributed by atoms with E-state index in [1.807, 2.05) is 18.2 Å². The summed E-state index contributed by atoms with van der Waals surface area (Å²) in [7, 11) is 0. The molecule has 1 aromatic carbocycles. The molecule has 4 nitrogen and oxygen atoms in total. The molecule has 1 fully saturated rings. The van der Waals surface area contributed by atoms with E-state index >= 15 is 0 Å². The van der Waals surface area contributed by atoms with E-state index < -0.39 is 0 Å². The fraction of sp³-hybridized carbons (Fsp3) is 0.529. The Morgan fingerprint density at radius 2 is 1.90 bits per heavy atom. The Hall–Kier alpha value is -1.68. The van der Waals surface area contributed by atoms with Crippen molar-refractivity contribution in [1.82, 2.24) is 14.8 Å². The molecule has 1 atom stereocenters. The van der Waals surface area contributed by atoms with Gasteiger partial charge in [-0.1, -0.05) is 43.2 Å². The maximum absolute atomic E-state index is 6.30. The molecule has 0 amide bonds. The molecule has 0 bridgehead atoms. The van der Waals surface area contributed by atoms with Gasteiger partial charge in [0.25, 0.3) is 0 Å². The molecule has 2 aromatic rings. The first-order valence-corrected chi connectivity index (χ1v) is 7.96. The van der Waals surface area contributed by atoms with Crippen molar-refractivity contribution in [3.8, 4) is 0 Å². The second-order valence-electron chi connectivity index (χ2n) is 6.03. The molecule has 1 aliphatic rings. The first-order valence-electron chi connectivity index (χ1n) is 7.96. The summed E-state index contributed by atoms with van der Waals surface area (Å²) < 4.78 is 2.35. The minimum Gasteiger partial charge on any atom is -0.324 e. The molecule has 4 heteroatoms. The molecule has 2 N–H and O–H groups in total. The van der Waals surface area contributed by atoms with Crippen LogP contribution in [0.1, 0.15) is 61.4 Å². The van der Waals surface area contributed by atoms with Crippen LogP contribution in [0.15, 0.2) is 30.3 Å². The molecule has 1 aromatic heterocycles. The van der Waals surface area contributed by atoms with Crippen LogP contribution in [0, 0.1) is 6.92 Å². The molecule has 0 saturated heterocycles. The highest BCUT2D eigenvalue weighted by atomic mass is 15.3. The molecule has 0 aliphatic heterocycles. The molecule has 0 spiro atoms. The summed E-state index contributed by atoms with van der Waals surface area (Å²) in [6.45, 7) is 2.06. The third-order valence-electron chi connectivity index (χ3n) is 4.53. The van der Waals surface area contributed by atoms with Crippen LogP contribution in [0.25, 0.3) is 0 Å². The lowest BCUT2D eigenvalue weighted by molar-refractivity contribution is 0.477. The van der Waals surface area contributed by atoms with Crippen LogP contribution in [0.4, 0.5) is 0 Å². The van der Waals surface area contributed by atoms with Gasteiger partial charge < -0.3 is 10.3 Å². The van der Waals surface area contributed by atoms with Gasteiger partial charge in [0.05, 0.1) is 0 Å². The summed E-state index contributed by atoms with van der Waals surface area (Å²) in [5, 5.41) is 8.67. The van der Waals surface area contributed by atoms with E-state index in [0.29, 0.717) is 6.04 Å². The lowest BCUT2D eigenvalue weighted by Crippen LogP contribution is -2.15. The second kappa shape index (κ2) is 6.39.